The topological polar surface area (TPSA) is 53.1 Å². The van der Waals surface area contributed by atoms with Gasteiger partial charge in [0.2, 0.25) is 0 Å². The highest BCUT2D eigenvalue weighted by molar-refractivity contribution is 9.10. The summed E-state index contributed by atoms with van der Waals surface area (Å²) >= 11 is 3.46. The Labute approximate surface area is 109 Å². The first-order chi connectivity index (χ1) is 8.26. The highest BCUT2D eigenvalue weighted by Crippen LogP contribution is 2.27. The first-order valence-electron chi connectivity index (χ1n) is 5.31. The largest absolute Gasteiger partial charge is 0.495 e. The zero-order chi connectivity index (χ0) is 12.3. The first kappa shape index (κ1) is 12.1. The Morgan fingerprint density at radius 2 is 2.29 bits per heavy atom. The molecule has 2 rings (SSSR count). The predicted molar refractivity (Wildman–Crippen MR) is 70.6 cm³/mol. The van der Waals surface area contributed by atoms with Gasteiger partial charge in [-0.1, -0.05) is 15.9 Å². The van der Waals surface area contributed by atoms with Gasteiger partial charge >= 0.3 is 0 Å². The van der Waals surface area contributed by atoms with Crippen molar-refractivity contribution >= 4 is 15.9 Å². The van der Waals surface area contributed by atoms with E-state index in [4.69, 9.17) is 10.5 Å². The number of imidazole rings is 1. The fourth-order valence-corrected chi connectivity index (χ4v) is 2.07. The van der Waals surface area contributed by atoms with E-state index >= 15 is 0 Å². The third-order valence-electron chi connectivity index (χ3n) is 2.52. The van der Waals surface area contributed by atoms with Gasteiger partial charge in [-0.05, 0) is 24.7 Å². The molecule has 17 heavy (non-hydrogen) atoms. The van der Waals surface area contributed by atoms with E-state index in [1.807, 2.05) is 29.0 Å². The summed E-state index contributed by atoms with van der Waals surface area (Å²) in [5.74, 6) is 0.810. The quantitative estimate of drug-likeness (QED) is 0.940. The van der Waals surface area contributed by atoms with Gasteiger partial charge in [-0.15, -0.1) is 0 Å². The molecule has 0 radical (unpaired) electrons. The molecule has 0 saturated carbocycles. The van der Waals surface area contributed by atoms with Gasteiger partial charge in [-0.3, -0.25) is 4.57 Å². The summed E-state index contributed by atoms with van der Waals surface area (Å²) in [6.45, 7) is 0.599. The van der Waals surface area contributed by atoms with Crippen molar-refractivity contribution in [3.63, 3.8) is 0 Å². The van der Waals surface area contributed by atoms with Crippen LogP contribution in [0.3, 0.4) is 0 Å². The van der Waals surface area contributed by atoms with Gasteiger partial charge in [0.1, 0.15) is 5.75 Å². The standard InChI is InChI=1S/C12H14BrN3O/c1-17-12-3-2-9(13)6-11(12)16-8-15-7-10(16)4-5-14/h2-3,6-8H,4-5,14H2,1H3. The minimum atomic E-state index is 0.599. The third-order valence-corrected chi connectivity index (χ3v) is 3.01. The lowest BCUT2D eigenvalue weighted by atomic mass is 10.2. The van der Waals surface area contributed by atoms with Crippen LogP contribution in [0.5, 0.6) is 5.75 Å². The van der Waals surface area contributed by atoms with Crippen LogP contribution in [0.4, 0.5) is 0 Å². The molecule has 5 heteroatoms. The van der Waals surface area contributed by atoms with Gasteiger partial charge in [0, 0.05) is 22.8 Å². The number of benzene rings is 1. The van der Waals surface area contributed by atoms with Crippen LogP contribution in [0, 0.1) is 0 Å². The number of rotatable bonds is 4. The van der Waals surface area contributed by atoms with Crippen molar-refractivity contribution in [2.75, 3.05) is 13.7 Å². The van der Waals surface area contributed by atoms with Crippen molar-refractivity contribution in [2.45, 2.75) is 6.42 Å². The molecule has 90 valence electrons. The van der Waals surface area contributed by atoms with Gasteiger partial charge in [0.05, 0.1) is 19.1 Å². The van der Waals surface area contributed by atoms with Crippen LogP contribution in [-0.2, 0) is 6.42 Å². The molecular weight excluding hydrogens is 282 g/mol. The summed E-state index contributed by atoms with van der Waals surface area (Å²) < 4.78 is 8.35. The van der Waals surface area contributed by atoms with Crippen LogP contribution >= 0.6 is 15.9 Å². The average Bonchev–Trinajstić information content (AvgIpc) is 2.77. The monoisotopic (exact) mass is 295 g/mol. The lowest BCUT2D eigenvalue weighted by molar-refractivity contribution is 0.412. The number of nitrogens with two attached hydrogens (primary N) is 1. The van der Waals surface area contributed by atoms with E-state index in [1.165, 1.54) is 0 Å². The number of hydrogen-bond donors (Lipinski definition) is 1. The van der Waals surface area contributed by atoms with Crippen molar-refractivity contribution in [2.24, 2.45) is 5.73 Å². The Bertz CT molecular complexity index is 510. The van der Waals surface area contributed by atoms with E-state index in [9.17, 15) is 0 Å². The Hall–Kier alpha value is -1.33. The zero-order valence-corrected chi connectivity index (χ0v) is 11.1. The van der Waals surface area contributed by atoms with Gasteiger partial charge in [0.15, 0.2) is 0 Å². The average molecular weight is 296 g/mol. The molecule has 0 saturated heterocycles. The molecule has 0 spiro atoms. The second-order valence-electron chi connectivity index (χ2n) is 3.61. The van der Waals surface area contributed by atoms with Crippen LogP contribution in [-0.4, -0.2) is 23.2 Å². The summed E-state index contributed by atoms with van der Waals surface area (Å²) in [5.41, 5.74) is 7.62. The van der Waals surface area contributed by atoms with E-state index in [2.05, 4.69) is 20.9 Å². The molecule has 0 aliphatic heterocycles. The molecule has 0 unspecified atom stereocenters. The highest BCUT2D eigenvalue weighted by Gasteiger charge is 2.09. The number of methoxy groups -OCH3 is 1. The van der Waals surface area contributed by atoms with E-state index in [0.717, 1.165) is 28.0 Å². The molecule has 1 aromatic carbocycles. The molecule has 4 nitrogen and oxygen atoms in total. The predicted octanol–water partition coefficient (Wildman–Crippen LogP) is 2.14. The van der Waals surface area contributed by atoms with Gasteiger partial charge in [-0.2, -0.15) is 0 Å². The molecule has 0 aliphatic rings. The van der Waals surface area contributed by atoms with Crippen LogP contribution < -0.4 is 10.5 Å². The summed E-state index contributed by atoms with van der Waals surface area (Å²) in [6, 6.07) is 5.87. The maximum Gasteiger partial charge on any atom is 0.142 e. The number of halogens is 1. The SMILES string of the molecule is COc1ccc(Br)cc1-n1cncc1CCN. The third kappa shape index (κ3) is 2.50. The normalized spacial score (nSPS) is 10.5. The molecule has 2 N–H and O–H groups in total. The Kier molecular flexibility index (Phi) is 3.81. The molecule has 2 aromatic rings. The zero-order valence-electron chi connectivity index (χ0n) is 9.56. The smallest absolute Gasteiger partial charge is 0.142 e. The van der Waals surface area contributed by atoms with Crippen molar-refractivity contribution in [1.82, 2.24) is 9.55 Å². The van der Waals surface area contributed by atoms with Crippen molar-refractivity contribution in [1.29, 1.82) is 0 Å². The van der Waals surface area contributed by atoms with E-state index < -0.39 is 0 Å². The Morgan fingerprint density at radius 3 is 3.00 bits per heavy atom. The summed E-state index contributed by atoms with van der Waals surface area (Å²) in [7, 11) is 1.66. The minimum absolute atomic E-state index is 0.599. The lowest BCUT2D eigenvalue weighted by Crippen LogP contribution is -2.08. The molecule has 0 bridgehead atoms. The number of ether oxygens (including phenoxy) is 1. The summed E-state index contributed by atoms with van der Waals surface area (Å²) in [5, 5.41) is 0. The van der Waals surface area contributed by atoms with Gasteiger partial charge in [0.25, 0.3) is 0 Å². The van der Waals surface area contributed by atoms with Crippen LogP contribution in [0.15, 0.2) is 35.2 Å². The van der Waals surface area contributed by atoms with Crippen LogP contribution in [0.25, 0.3) is 5.69 Å². The maximum atomic E-state index is 5.59. The Morgan fingerprint density at radius 1 is 1.47 bits per heavy atom. The van der Waals surface area contributed by atoms with E-state index in [0.29, 0.717) is 6.54 Å². The Balaban J connectivity index is 2.51. The second-order valence-corrected chi connectivity index (χ2v) is 4.53. The first-order valence-corrected chi connectivity index (χ1v) is 6.10. The number of aromatic nitrogens is 2. The van der Waals surface area contributed by atoms with Gasteiger partial charge < -0.3 is 10.5 Å². The van der Waals surface area contributed by atoms with Crippen molar-refractivity contribution in [3.05, 3.63) is 40.9 Å². The van der Waals surface area contributed by atoms with E-state index in [-0.39, 0.29) is 0 Å². The summed E-state index contributed by atoms with van der Waals surface area (Å²) in [4.78, 5) is 4.16. The molecule has 0 aliphatic carbocycles. The van der Waals surface area contributed by atoms with Crippen molar-refractivity contribution < 1.29 is 4.74 Å². The van der Waals surface area contributed by atoms with Crippen molar-refractivity contribution in [3.8, 4) is 11.4 Å². The number of hydrogen-bond acceptors (Lipinski definition) is 3. The highest BCUT2D eigenvalue weighted by atomic mass is 79.9. The molecule has 1 aromatic heterocycles. The molecular formula is C12H14BrN3O. The maximum absolute atomic E-state index is 5.59. The lowest BCUT2D eigenvalue weighted by Gasteiger charge is -2.12. The fourth-order valence-electron chi connectivity index (χ4n) is 1.72. The number of nitrogens with zero attached hydrogens (tertiary/aromatic N) is 2. The van der Waals surface area contributed by atoms with Crippen LogP contribution in [0.2, 0.25) is 0 Å². The van der Waals surface area contributed by atoms with Gasteiger partial charge in [-0.25, -0.2) is 4.98 Å². The molecule has 1 heterocycles. The van der Waals surface area contributed by atoms with E-state index in [1.54, 1.807) is 13.4 Å². The molecule has 0 fully saturated rings. The fraction of sp³-hybridized carbons (Fsp3) is 0.250. The molecule has 0 atom stereocenters. The minimum Gasteiger partial charge on any atom is -0.495 e. The second kappa shape index (κ2) is 5.33. The molecule has 0 amide bonds. The van der Waals surface area contributed by atoms with Crippen LogP contribution in [0.1, 0.15) is 5.69 Å². The summed E-state index contributed by atoms with van der Waals surface area (Å²) in [6.07, 6.45) is 4.39.